The van der Waals surface area contributed by atoms with E-state index in [4.69, 9.17) is 16.3 Å². The molecule has 2 aromatic carbocycles. The van der Waals surface area contributed by atoms with E-state index >= 15 is 0 Å². The van der Waals surface area contributed by atoms with Crippen molar-refractivity contribution in [2.75, 3.05) is 4.90 Å². The predicted octanol–water partition coefficient (Wildman–Crippen LogP) is 3.00. The monoisotopic (exact) mass is 481 g/mol. The third-order valence-electron chi connectivity index (χ3n) is 6.12. The van der Waals surface area contributed by atoms with Gasteiger partial charge in [-0.15, -0.1) is 0 Å². The lowest BCUT2D eigenvalue weighted by molar-refractivity contribution is -0.132. The quantitative estimate of drug-likeness (QED) is 0.288. The summed E-state index contributed by atoms with van der Waals surface area (Å²) in [5.74, 6) is -4.23. The van der Waals surface area contributed by atoms with Gasteiger partial charge in [0.15, 0.2) is 5.78 Å². The number of ether oxygens (including phenoxy) is 1. The molecular formula is C24H17ClFN3O5. The lowest BCUT2D eigenvalue weighted by Crippen LogP contribution is -2.46. The maximum Gasteiger partial charge on any atom is 0.308 e. The van der Waals surface area contributed by atoms with Crippen LogP contribution in [0.2, 0.25) is 5.02 Å². The van der Waals surface area contributed by atoms with Gasteiger partial charge in [0, 0.05) is 18.7 Å². The van der Waals surface area contributed by atoms with Crippen LogP contribution in [0, 0.1) is 17.7 Å². The number of allylic oxidation sites excluding steroid dienone is 1. The standard InChI is InChI=1S/C24H17ClFN3O5/c1-12(30)34-15-7-4-13(5-8-15)22(31)21-20-19(18-3-2-10-27-29(18)21)23(32)28(24(20)33)14-6-9-17(26)16(25)11-14/h2-11,18-21H,1H3/t18-,19+,20-,21+/m1/s1. The number of rotatable bonds is 4. The molecule has 4 atom stereocenters. The number of fused-ring (bicyclic) bond motifs is 3. The second kappa shape index (κ2) is 8.18. The molecule has 3 aliphatic rings. The van der Waals surface area contributed by atoms with Gasteiger partial charge >= 0.3 is 5.97 Å². The average Bonchev–Trinajstić information content (AvgIpc) is 3.28. The molecule has 10 heteroatoms. The number of hydrazone groups is 1. The molecule has 0 aromatic heterocycles. The highest BCUT2D eigenvalue weighted by Crippen LogP contribution is 2.46. The van der Waals surface area contributed by atoms with Gasteiger partial charge in [0.1, 0.15) is 17.6 Å². The van der Waals surface area contributed by atoms with Crippen LogP contribution in [0.3, 0.4) is 0 Å². The van der Waals surface area contributed by atoms with E-state index in [1.807, 2.05) is 0 Å². The largest absolute Gasteiger partial charge is 0.427 e. The van der Waals surface area contributed by atoms with Crippen molar-refractivity contribution in [2.24, 2.45) is 16.9 Å². The molecule has 3 heterocycles. The number of halogens is 2. The minimum Gasteiger partial charge on any atom is -0.427 e. The molecule has 2 amide bonds. The Morgan fingerprint density at radius 3 is 2.44 bits per heavy atom. The van der Waals surface area contributed by atoms with Crippen LogP contribution in [0.5, 0.6) is 5.75 Å². The maximum absolute atomic E-state index is 13.7. The lowest BCUT2D eigenvalue weighted by atomic mass is 9.86. The minimum absolute atomic E-state index is 0.141. The van der Waals surface area contributed by atoms with E-state index < -0.39 is 53.3 Å². The number of carbonyl (C=O) groups is 4. The molecule has 2 fully saturated rings. The summed E-state index contributed by atoms with van der Waals surface area (Å²) in [6, 6.07) is 7.90. The molecule has 2 aromatic rings. The van der Waals surface area contributed by atoms with E-state index in [1.165, 1.54) is 54.5 Å². The zero-order chi connectivity index (χ0) is 24.1. The first-order chi connectivity index (χ1) is 16.3. The summed E-state index contributed by atoms with van der Waals surface area (Å²) in [6.07, 6.45) is 4.89. The van der Waals surface area contributed by atoms with Crippen molar-refractivity contribution >= 4 is 47.1 Å². The summed E-state index contributed by atoms with van der Waals surface area (Å²) in [5.41, 5.74) is 0.413. The Bertz CT molecular complexity index is 1290. The van der Waals surface area contributed by atoms with Crippen molar-refractivity contribution in [3.05, 3.63) is 71.0 Å². The van der Waals surface area contributed by atoms with Gasteiger partial charge in [0.05, 0.1) is 28.6 Å². The molecular weight excluding hydrogens is 465 g/mol. The summed E-state index contributed by atoms with van der Waals surface area (Å²) in [4.78, 5) is 52.6. The fourth-order valence-electron chi connectivity index (χ4n) is 4.74. The van der Waals surface area contributed by atoms with E-state index in [2.05, 4.69) is 5.10 Å². The maximum atomic E-state index is 13.7. The summed E-state index contributed by atoms with van der Waals surface area (Å²) in [6.45, 7) is 1.27. The van der Waals surface area contributed by atoms with Crippen molar-refractivity contribution in [1.82, 2.24) is 5.01 Å². The topological polar surface area (TPSA) is 96.3 Å². The number of hydrogen-bond acceptors (Lipinski definition) is 7. The van der Waals surface area contributed by atoms with Crippen molar-refractivity contribution in [1.29, 1.82) is 0 Å². The summed E-state index contributed by atoms with van der Waals surface area (Å²) in [7, 11) is 0. The molecule has 0 unspecified atom stereocenters. The van der Waals surface area contributed by atoms with Crippen LogP contribution in [0.25, 0.3) is 0 Å². The number of benzene rings is 2. The Kier molecular flexibility index (Phi) is 5.28. The first kappa shape index (κ1) is 22.0. The molecule has 0 N–H and O–H groups in total. The zero-order valence-corrected chi connectivity index (χ0v) is 18.5. The van der Waals surface area contributed by atoms with E-state index in [9.17, 15) is 23.6 Å². The highest BCUT2D eigenvalue weighted by Gasteiger charge is 2.64. The number of nitrogens with zero attached hydrogens (tertiary/aromatic N) is 3. The molecule has 172 valence electrons. The number of Topliss-reactive ketones (excluding diaryl/α,β-unsaturated/α-hetero) is 1. The van der Waals surface area contributed by atoms with Crippen LogP contribution >= 0.6 is 11.6 Å². The van der Waals surface area contributed by atoms with Crippen LogP contribution in [-0.4, -0.2) is 46.9 Å². The Morgan fingerprint density at radius 1 is 1.06 bits per heavy atom. The zero-order valence-electron chi connectivity index (χ0n) is 17.7. The third kappa shape index (κ3) is 3.40. The van der Waals surface area contributed by atoms with Crippen molar-refractivity contribution in [2.45, 2.75) is 19.0 Å². The van der Waals surface area contributed by atoms with Crippen molar-refractivity contribution in [3.63, 3.8) is 0 Å². The molecule has 8 nitrogen and oxygen atoms in total. The van der Waals surface area contributed by atoms with Crippen LogP contribution in [0.1, 0.15) is 17.3 Å². The number of hydrogen-bond donors (Lipinski definition) is 0. The van der Waals surface area contributed by atoms with Gasteiger partial charge in [-0.3, -0.25) is 24.2 Å². The van der Waals surface area contributed by atoms with Gasteiger partial charge in [-0.2, -0.15) is 5.10 Å². The SMILES string of the molecule is CC(=O)Oc1ccc(C(=O)[C@@H]2[C@@H]3C(=O)N(c4ccc(F)c(Cl)c4)C(=O)[C@H]3[C@H]3C=CC=NN32)cc1. The molecule has 2 saturated heterocycles. The third-order valence-corrected chi connectivity index (χ3v) is 6.41. The van der Waals surface area contributed by atoms with Crippen molar-refractivity contribution in [3.8, 4) is 5.75 Å². The van der Waals surface area contributed by atoms with E-state index in [0.717, 1.165) is 11.0 Å². The number of anilines is 1. The van der Waals surface area contributed by atoms with Gasteiger partial charge in [-0.1, -0.05) is 17.7 Å². The summed E-state index contributed by atoms with van der Waals surface area (Å²) >= 11 is 5.87. The fourth-order valence-corrected chi connectivity index (χ4v) is 4.91. The Hall–Kier alpha value is -3.85. The highest BCUT2D eigenvalue weighted by atomic mass is 35.5. The number of amides is 2. The second-order valence-corrected chi connectivity index (χ2v) is 8.52. The van der Waals surface area contributed by atoms with Gasteiger partial charge in [-0.05, 0) is 48.5 Å². The van der Waals surface area contributed by atoms with Crippen LogP contribution in [0.4, 0.5) is 10.1 Å². The molecule has 3 aliphatic heterocycles. The molecule has 0 aliphatic carbocycles. The van der Waals surface area contributed by atoms with Gasteiger partial charge in [-0.25, -0.2) is 9.29 Å². The Labute approximate surface area is 198 Å². The number of ketones is 1. The molecule has 0 radical (unpaired) electrons. The molecule has 34 heavy (non-hydrogen) atoms. The molecule has 0 bridgehead atoms. The second-order valence-electron chi connectivity index (χ2n) is 8.11. The molecule has 5 rings (SSSR count). The lowest BCUT2D eigenvalue weighted by Gasteiger charge is -2.30. The minimum atomic E-state index is -1.03. The van der Waals surface area contributed by atoms with E-state index in [0.29, 0.717) is 0 Å². The fraction of sp³-hybridized carbons (Fsp3) is 0.208. The van der Waals surface area contributed by atoms with Crippen LogP contribution < -0.4 is 9.64 Å². The predicted molar refractivity (Wildman–Crippen MR) is 120 cm³/mol. The van der Waals surface area contributed by atoms with Gasteiger partial charge in [0.2, 0.25) is 11.8 Å². The van der Waals surface area contributed by atoms with Gasteiger partial charge < -0.3 is 4.74 Å². The van der Waals surface area contributed by atoms with Crippen molar-refractivity contribution < 1.29 is 28.3 Å². The molecule has 0 saturated carbocycles. The average molecular weight is 482 g/mol. The molecule has 0 spiro atoms. The first-order valence-corrected chi connectivity index (χ1v) is 10.8. The number of imide groups is 1. The van der Waals surface area contributed by atoms with Crippen LogP contribution in [0.15, 0.2) is 59.7 Å². The number of esters is 1. The Morgan fingerprint density at radius 2 is 1.76 bits per heavy atom. The Balaban J connectivity index is 1.52. The highest BCUT2D eigenvalue weighted by molar-refractivity contribution is 6.31. The normalized spacial score (nSPS) is 24.9. The summed E-state index contributed by atoms with van der Waals surface area (Å²) < 4.78 is 18.7. The number of carbonyl (C=O) groups excluding carboxylic acids is 4. The van der Waals surface area contributed by atoms with E-state index in [1.54, 1.807) is 12.2 Å². The van der Waals surface area contributed by atoms with Crippen LogP contribution in [-0.2, 0) is 14.4 Å². The first-order valence-electron chi connectivity index (χ1n) is 10.4. The van der Waals surface area contributed by atoms with Gasteiger partial charge in [0.25, 0.3) is 0 Å². The van der Waals surface area contributed by atoms with E-state index in [-0.39, 0.29) is 22.0 Å². The smallest absolute Gasteiger partial charge is 0.308 e. The summed E-state index contributed by atoms with van der Waals surface area (Å²) in [5, 5.41) is 5.55.